The maximum Gasteiger partial charge on any atom is 0.326 e. The van der Waals surface area contributed by atoms with Crippen LogP contribution in [0.2, 0.25) is 0 Å². The summed E-state index contributed by atoms with van der Waals surface area (Å²) in [6.07, 6.45) is 4.49. The Balaban J connectivity index is 1.14. The summed E-state index contributed by atoms with van der Waals surface area (Å²) in [6.45, 7) is 9.70. The van der Waals surface area contributed by atoms with Crippen LogP contribution in [0, 0.1) is 49.7 Å². The van der Waals surface area contributed by atoms with Crippen molar-refractivity contribution in [3.8, 4) is 0 Å². The molecule has 54 heteroatoms. The predicted octanol–water partition coefficient (Wildman–Crippen LogP) is -8.34. The molecule has 6 fully saturated rings. The Labute approximate surface area is 820 Å². The minimum absolute atomic E-state index is 0.000883. The topological polar surface area (TPSA) is 880 Å². The Morgan fingerprint density at radius 2 is 0.560 bits per heavy atom. The van der Waals surface area contributed by atoms with Crippen molar-refractivity contribution in [1.29, 1.82) is 37.9 Å². The lowest BCUT2D eigenvalue weighted by Crippen LogP contribution is -2.61. The summed E-state index contributed by atoms with van der Waals surface area (Å²) in [7, 11) is 0. The monoisotopic (exact) mass is 1990 g/mol. The van der Waals surface area contributed by atoms with E-state index >= 15 is 24.0 Å². The third-order valence-electron chi connectivity index (χ3n) is 25.8. The highest BCUT2D eigenvalue weighted by molar-refractivity contribution is 6.02. The summed E-state index contributed by atoms with van der Waals surface area (Å²) in [4.78, 5) is 240. The zero-order valence-electron chi connectivity index (χ0n) is 81.7. The molecule has 6 aliphatic heterocycles. The highest BCUT2D eigenvalue weighted by atomic mass is 16.4. The molecule has 790 valence electrons. The fourth-order valence-corrected chi connectivity index (χ4v) is 18.3. The van der Waals surface area contributed by atoms with Gasteiger partial charge in [0.1, 0.15) is 90.6 Å². The fourth-order valence-electron chi connectivity index (χ4n) is 18.3. The number of aliphatic carboxylic acids is 1. The Morgan fingerprint density at radius 1 is 0.305 bits per heavy atom. The van der Waals surface area contributed by atoms with E-state index in [0.717, 1.165) is 0 Å². The van der Waals surface area contributed by atoms with Gasteiger partial charge in [-0.25, -0.2) is 4.79 Å². The van der Waals surface area contributed by atoms with Crippen LogP contribution in [0.15, 0.2) is 0 Å². The van der Waals surface area contributed by atoms with Crippen molar-refractivity contribution in [2.75, 3.05) is 85.1 Å². The lowest BCUT2D eigenvalue weighted by Gasteiger charge is -2.34. The van der Waals surface area contributed by atoms with Crippen molar-refractivity contribution in [3.63, 3.8) is 0 Å². The first-order chi connectivity index (χ1) is 66.8. The molecule has 0 radical (unpaired) electrons. The number of rotatable bonds is 57. The molecule has 0 aromatic carbocycles. The molecule has 15 amide bonds. The molecule has 0 saturated carbocycles. The van der Waals surface area contributed by atoms with Crippen molar-refractivity contribution in [1.82, 2.24) is 114 Å². The summed E-state index contributed by atoms with van der Waals surface area (Å²) in [5, 5.41) is 107. The van der Waals surface area contributed by atoms with E-state index in [1.54, 1.807) is 13.8 Å². The molecule has 6 rings (SSSR count). The van der Waals surface area contributed by atoms with Crippen molar-refractivity contribution >= 4 is 136 Å². The minimum atomic E-state index is -1.36. The van der Waals surface area contributed by atoms with E-state index in [0.29, 0.717) is 51.4 Å². The molecular formula is C87H155N37O17. The van der Waals surface area contributed by atoms with Crippen molar-refractivity contribution in [3.05, 3.63) is 0 Å². The lowest BCUT2D eigenvalue weighted by atomic mass is 9.96. The summed E-state index contributed by atoms with van der Waals surface area (Å²) >= 11 is 0. The van der Waals surface area contributed by atoms with Gasteiger partial charge in [0.2, 0.25) is 88.6 Å². The summed E-state index contributed by atoms with van der Waals surface area (Å²) in [5.41, 5.74) is 44.8. The molecule has 40 N–H and O–H groups in total. The second-order valence-corrected chi connectivity index (χ2v) is 37.1. The quantitative estimate of drug-likeness (QED) is 0.0153. The average Bonchev–Trinajstić information content (AvgIpc) is 1.67. The molecule has 0 bridgehead atoms. The number of amides is 15. The summed E-state index contributed by atoms with van der Waals surface area (Å²) in [5.74, 6) is -15.2. The largest absolute Gasteiger partial charge is 0.480 e. The number of hydrogen-bond acceptors (Lipinski definition) is 24. The number of likely N-dealkylation sites (tertiary alicyclic amines) is 6. The zero-order valence-corrected chi connectivity index (χ0v) is 81.7. The maximum atomic E-state index is 15.2. The molecule has 6 aliphatic rings. The highest BCUT2D eigenvalue weighted by Crippen LogP contribution is 2.30. The highest BCUT2D eigenvalue weighted by Gasteiger charge is 2.49. The molecule has 17 atom stereocenters. The molecule has 141 heavy (non-hydrogen) atoms. The van der Waals surface area contributed by atoms with Gasteiger partial charge in [0.25, 0.3) is 0 Å². The van der Waals surface area contributed by atoms with Crippen LogP contribution in [0.1, 0.15) is 214 Å². The number of guanidine groups is 7. The van der Waals surface area contributed by atoms with E-state index in [9.17, 15) is 57.8 Å². The van der Waals surface area contributed by atoms with E-state index in [1.165, 1.54) is 36.3 Å². The molecule has 0 aromatic rings. The first-order valence-corrected chi connectivity index (χ1v) is 49.0. The van der Waals surface area contributed by atoms with Gasteiger partial charge >= 0.3 is 5.97 Å². The first-order valence-electron chi connectivity index (χ1n) is 49.0. The molecule has 0 unspecified atom stereocenters. The van der Waals surface area contributed by atoms with Gasteiger partial charge < -0.3 is 165 Å². The van der Waals surface area contributed by atoms with E-state index in [-0.39, 0.29) is 261 Å². The van der Waals surface area contributed by atoms with Crippen molar-refractivity contribution in [2.45, 2.75) is 311 Å². The first kappa shape index (κ1) is 116. The number of carboxylic acids is 1. The average molecular weight is 1990 g/mol. The number of hydrogen-bond donors (Lipinski definition) is 32. The van der Waals surface area contributed by atoms with E-state index in [1.807, 2.05) is 13.8 Å². The number of nitrogens with one attached hydrogen (secondary N) is 23. The lowest BCUT2D eigenvalue weighted by molar-refractivity contribution is -0.148. The standard InChI is InChI=1S/C87H155N37O17/c1-6-48(4)64(118-67(127)51(21-8-34-104-82(91)92)111-66(126)50(88)20-7-33-103-81(89)90)73(133)115-55(25-12-38-108-86(99)100)76(136)120-41-15-29-60(120)70(130)114-54(24-11-37-107-85(97)98)77(137)124-45-19-32-63(124)79(139)123-44-18-27-58(123)68(128)110-49(5)65(125)117-57(46-47(2)3)78(138)122-43-17-30-61(122)71(131)113-52(22-9-35-105-83(93)94)74(134)119-40-14-28-59(119)69(129)112-53(23-10-36-106-84(95)96)75(135)121-42-16-31-62(121)72(132)116-56(80(140)141)26-13-39-109-87(101)102/h47-64H,6-46,88H2,1-5H3,(H,110,128)(H,111,126)(H,112,129)(H,113,131)(H,114,130)(H,115,133)(H,116,132)(H,117,125)(H,118,127)(H,140,141)(H4,89,90,103)(H4,91,92,104)(H4,93,94,105)(H4,95,96,106)(H4,97,98,107)(H4,99,100,108)(H4,101,102,109)/t48-,49-,50-,51-,52-,53-,54-,55-,56-,57-,58-,59-,60-,61-,62-,63-,64-/m0/s1. The van der Waals surface area contributed by atoms with Crippen LogP contribution in [0.4, 0.5) is 0 Å². The number of carbonyl (C=O) groups is 16. The Morgan fingerprint density at radius 3 is 0.879 bits per heavy atom. The third kappa shape index (κ3) is 37.2. The SMILES string of the molecule is CC[C@H](C)[C@H](NC(=O)[C@H](CCCNC(=N)N)NC(=O)[C@@H](N)CCCNC(=N)N)C(=O)N[C@@H](CCCNC(=N)N)C(=O)N1CCC[C@H]1C(=O)N[C@@H](CCCNC(=N)N)C(=O)N1CCC[C@H]1C(=O)N1CCC[C@H]1C(=O)N[C@@H](C)C(=O)N[C@@H](CC(C)C)C(=O)N1CCC[C@H]1C(=O)N[C@@H](CCCNC(=N)N)C(=O)N1CCC[C@H]1C(=O)N[C@@H](CCCNC(=N)N)C(=O)N1CCC[C@H]1C(=O)N[C@@H](CCCNC(=N)N)C(=O)O. The maximum absolute atomic E-state index is 15.2. The van der Waals surface area contributed by atoms with Crippen LogP contribution >= 0.6 is 0 Å². The van der Waals surface area contributed by atoms with Gasteiger partial charge in [-0.1, -0.05) is 34.1 Å². The minimum Gasteiger partial charge on any atom is -0.480 e. The van der Waals surface area contributed by atoms with Crippen molar-refractivity contribution in [2.24, 2.45) is 57.7 Å². The van der Waals surface area contributed by atoms with Crippen molar-refractivity contribution < 1.29 is 81.8 Å². The van der Waals surface area contributed by atoms with Gasteiger partial charge in [0.15, 0.2) is 41.7 Å². The molecule has 6 saturated heterocycles. The second kappa shape index (κ2) is 58.4. The van der Waals surface area contributed by atoms with E-state index in [2.05, 4.69) is 85.1 Å². The molecule has 54 nitrogen and oxygen atoms in total. The molecule has 0 aliphatic carbocycles. The van der Waals surface area contributed by atoms with Crippen LogP contribution in [-0.4, -0.2) is 353 Å². The Bertz CT molecular complexity index is 4390. The van der Waals surface area contributed by atoms with Gasteiger partial charge in [-0.15, -0.1) is 0 Å². The Kier molecular flexibility index (Phi) is 48.1. The summed E-state index contributed by atoms with van der Waals surface area (Å²) in [6, 6.07) is -20.0. The molecule has 0 spiro atoms. The van der Waals surface area contributed by atoms with Gasteiger partial charge in [-0.05, 0) is 192 Å². The van der Waals surface area contributed by atoms with E-state index < -0.39 is 197 Å². The van der Waals surface area contributed by atoms with Crippen LogP contribution in [-0.2, 0) is 76.7 Å². The van der Waals surface area contributed by atoms with Crippen LogP contribution < -0.4 is 131 Å². The number of carboxylic acid groups (broad SMARTS) is 1. The normalized spacial score (nSPS) is 20.0. The fraction of sp³-hybridized carbons (Fsp3) is 0.736. The van der Waals surface area contributed by atoms with Gasteiger partial charge in [-0.2, -0.15) is 0 Å². The van der Waals surface area contributed by atoms with E-state index in [4.69, 9.17) is 83.7 Å². The Hall–Kier alpha value is -13.6. The van der Waals surface area contributed by atoms with Crippen LogP contribution in [0.3, 0.4) is 0 Å². The van der Waals surface area contributed by atoms with Gasteiger partial charge in [0.05, 0.1) is 6.04 Å². The molecular weight excluding hydrogens is 1840 g/mol. The van der Waals surface area contributed by atoms with Gasteiger partial charge in [0, 0.05) is 85.1 Å². The van der Waals surface area contributed by atoms with Crippen LogP contribution in [0.5, 0.6) is 0 Å². The summed E-state index contributed by atoms with van der Waals surface area (Å²) < 4.78 is 0. The van der Waals surface area contributed by atoms with Crippen LogP contribution in [0.25, 0.3) is 0 Å². The molecule has 6 heterocycles. The number of carbonyl (C=O) groups excluding carboxylic acids is 15. The predicted molar refractivity (Wildman–Crippen MR) is 520 cm³/mol. The van der Waals surface area contributed by atoms with Gasteiger partial charge in [-0.3, -0.25) is 110 Å². The second-order valence-electron chi connectivity index (χ2n) is 37.1. The zero-order chi connectivity index (χ0) is 104. The number of nitrogens with two attached hydrogens (primary N) is 8. The number of nitrogens with zero attached hydrogens (tertiary/aromatic N) is 6. The smallest absolute Gasteiger partial charge is 0.326 e. The third-order valence-corrected chi connectivity index (χ3v) is 25.8. The molecule has 0 aromatic heterocycles.